The molecule has 0 aliphatic heterocycles. The molecule has 0 radical (unpaired) electrons. The Kier molecular flexibility index (Phi) is 3.05. The fourth-order valence-electron chi connectivity index (χ4n) is 1.40. The Morgan fingerprint density at radius 2 is 1.67 bits per heavy atom. The van der Waals surface area contributed by atoms with Gasteiger partial charge >= 0.3 is 10.3 Å². The van der Waals surface area contributed by atoms with Crippen molar-refractivity contribution in [2.45, 2.75) is 37.8 Å². The lowest BCUT2D eigenvalue weighted by Crippen LogP contribution is -2.38. The molecule has 1 aliphatic carbocycles. The molecule has 1 saturated carbocycles. The second kappa shape index (κ2) is 3.69. The van der Waals surface area contributed by atoms with Gasteiger partial charge in [0.2, 0.25) is 0 Å². The molecule has 6 heteroatoms. The maximum atomic E-state index is 10.4. The third-order valence-corrected chi connectivity index (χ3v) is 2.64. The minimum atomic E-state index is -4.07. The normalized spacial score (nSPS) is 31.8. The molecule has 1 rings (SSSR count). The Morgan fingerprint density at radius 1 is 1.17 bits per heavy atom. The fourth-order valence-corrected chi connectivity index (χ4v) is 2.06. The van der Waals surface area contributed by atoms with Crippen LogP contribution in [0.3, 0.4) is 0 Å². The second-order valence-electron chi connectivity index (χ2n) is 3.10. The molecule has 12 heavy (non-hydrogen) atoms. The maximum absolute atomic E-state index is 10.4. The number of hydrogen-bond donors (Lipinski definition) is 3. The summed E-state index contributed by atoms with van der Waals surface area (Å²) in [5.41, 5.74) is 0. The van der Waals surface area contributed by atoms with Crippen LogP contribution < -0.4 is 4.72 Å². The Labute approximate surface area is 71.7 Å². The SMILES string of the molecule is O=S(=O)(O)NC1CCC(O)CC1. The molecule has 0 aromatic carbocycles. The first kappa shape index (κ1) is 9.91. The number of hydrogen-bond acceptors (Lipinski definition) is 3. The summed E-state index contributed by atoms with van der Waals surface area (Å²) in [6, 6.07) is -0.219. The van der Waals surface area contributed by atoms with Crippen molar-refractivity contribution < 1.29 is 18.1 Å². The highest BCUT2D eigenvalue weighted by Gasteiger charge is 2.22. The van der Waals surface area contributed by atoms with Crippen molar-refractivity contribution in [1.82, 2.24) is 4.72 Å². The average Bonchev–Trinajstić information content (AvgIpc) is 1.91. The van der Waals surface area contributed by atoms with E-state index in [1.165, 1.54) is 0 Å². The average molecular weight is 195 g/mol. The van der Waals surface area contributed by atoms with Gasteiger partial charge in [0, 0.05) is 6.04 Å². The van der Waals surface area contributed by atoms with Crippen molar-refractivity contribution in [1.29, 1.82) is 0 Å². The van der Waals surface area contributed by atoms with Gasteiger partial charge in [-0.15, -0.1) is 0 Å². The first-order valence-electron chi connectivity index (χ1n) is 3.90. The number of rotatable bonds is 2. The van der Waals surface area contributed by atoms with Crippen LogP contribution in [0.25, 0.3) is 0 Å². The van der Waals surface area contributed by atoms with Crippen molar-refractivity contribution in [3.8, 4) is 0 Å². The van der Waals surface area contributed by atoms with Crippen LogP contribution in [0, 0.1) is 0 Å². The van der Waals surface area contributed by atoms with Crippen LogP contribution in [0.1, 0.15) is 25.7 Å². The number of aliphatic hydroxyl groups excluding tert-OH is 1. The smallest absolute Gasteiger partial charge is 0.333 e. The van der Waals surface area contributed by atoms with Crippen LogP contribution in [0.4, 0.5) is 0 Å². The molecule has 0 unspecified atom stereocenters. The molecule has 0 aromatic rings. The largest absolute Gasteiger partial charge is 0.393 e. The molecule has 1 fully saturated rings. The first-order chi connectivity index (χ1) is 5.47. The Balaban J connectivity index is 2.36. The Hall–Kier alpha value is -0.170. The minimum Gasteiger partial charge on any atom is -0.393 e. The van der Waals surface area contributed by atoms with Crippen LogP contribution in [-0.4, -0.2) is 30.2 Å². The van der Waals surface area contributed by atoms with Gasteiger partial charge in [0.05, 0.1) is 6.10 Å². The molecule has 3 N–H and O–H groups in total. The predicted octanol–water partition coefficient (Wildman–Crippen LogP) is -0.318. The summed E-state index contributed by atoms with van der Waals surface area (Å²) in [4.78, 5) is 0. The van der Waals surface area contributed by atoms with Gasteiger partial charge in [0.1, 0.15) is 0 Å². The van der Waals surface area contributed by atoms with Crippen LogP contribution in [0.15, 0.2) is 0 Å². The molecular formula is C6H13NO4S. The zero-order valence-electron chi connectivity index (χ0n) is 6.60. The quantitative estimate of drug-likeness (QED) is 0.527. The van der Waals surface area contributed by atoms with E-state index in [9.17, 15) is 8.42 Å². The van der Waals surface area contributed by atoms with Crippen molar-refractivity contribution in [2.75, 3.05) is 0 Å². The molecule has 0 amide bonds. The van der Waals surface area contributed by atoms with Gasteiger partial charge < -0.3 is 5.11 Å². The van der Waals surface area contributed by atoms with Gasteiger partial charge in [0.25, 0.3) is 0 Å². The fraction of sp³-hybridized carbons (Fsp3) is 1.00. The van der Waals surface area contributed by atoms with Crippen molar-refractivity contribution in [3.05, 3.63) is 0 Å². The summed E-state index contributed by atoms with van der Waals surface area (Å²) in [6.07, 6.45) is 2.03. The van der Waals surface area contributed by atoms with E-state index in [2.05, 4.69) is 4.72 Å². The van der Waals surface area contributed by atoms with Gasteiger partial charge in [-0.3, -0.25) is 4.55 Å². The maximum Gasteiger partial charge on any atom is 0.333 e. The molecule has 0 spiro atoms. The van der Waals surface area contributed by atoms with Gasteiger partial charge in [0.15, 0.2) is 0 Å². The van der Waals surface area contributed by atoms with Gasteiger partial charge in [-0.25, -0.2) is 0 Å². The second-order valence-corrected chi connectivity index (χ2v) is 4.28. The highest BCUT2D eigenvalue weighted by molar-refractivity contribution is 7.83. The summed E-state index contributed by atoms with van der Waals surface area (Å²) in [7, 11) is -4.07. The molecule has 0 saturated heterocycles. The third-order valence-electron chi connectivity index (χ3n) is 2.01. The van der Waals surface area contributed by atoms with E-state index in [0.717, 1.165) is 0 Å². The molecule has 0 atom stereocenters. The molecule has 0 heterocycles. The Bertz CT molecular complexity index is 230. The van der Waals surface area contributed by atoms with E-state index >= 15 is 0 Å². The third kappa shape index (κ3) is 3.48. The monoisotopic (exact) mass is 195 g/mol. The van der Waals surface area contributed by atoms with Crippen LogP contribution >= 0.6 is 0 Å². The molecular weight excluding hydrogens is 182 g/mol. The van der Waals surface area contributed by atoms with Gasteiger partial charge in [-0.2, -0.15) is 13.1 Å². The summed E-state index contributed by atoms with van der Waals surface area (Å²) in [5.74, 6) is 0. The summed E-state index contributed by atoms with van der Waals surface area (Å²) < 4.78 is 31.3. The van der Waals surface area contributed by atoms with Crippen LogP contribution in [0.2, 0.25) is 0 Å². The molecule has 5 nitrogen and oxygen atoms in total. The van der Waals surface area contributed by atoms with E-state index < -0.39 is 10.3 Å². The lowest BCUT2D eigenvalue weighted by atomic mass is 9.94. The van der Waals surface area contributed by atoms with Gasteiger partial charge in [-0.1, -0.05) is 0 Å². The molecule has 1 aliphatic rings. The molecule has 0 bridgehead atoms. The lowest BCUT2D eigenvalue weighted by molar-refractivity contribution is 0.120. The van der Waals surface area contributed by atoms with E-state index in [4.69, 9.17) is 9.66 Å². The van der Waals surface area contributed by atoms with Crippen molar-refractivity contribution in [3.63, 3.8) is 0 Å². The van der Waals surface area contributed by atoms with E-state index in [-0.39, 0.29) is 12.1 Å². The Morgan fingerprint density at radius 3 is 2.08 bits per heavy atom. The summed E-state index contributed by atoms with van der Waals surface area (Å²) >= 11 is 0. The highest BCUT2D eigenvalue weighted by Crippen LogP contribution is 2.18. The predicted molar refractivity (Wildman–Crippen MR) is 42.9 cm³/mol. The van der Waals surface area contributed by atoms with E-state index in [1.54, 1.807) is 0 Å². The zero-order valence-corrected chi connectivity index (χ0v) is 7.42. The van der Waals surface area contributed by atoms with Crippen LogP contribution in [-0.2, 0) is 10.3 Å². The zero-order chi connectivity index (χ0) is 9.19. The molecule has 72 valence electrons. The standard InChI is InChI=1S/C6H13NO4S/c8-6-3-1-5(2-4-6)7-12(9,10)11/h5-8H,1-4H2,(H,9,10,11). The van der Waals surface area contributed by atoms with E-state index in [1.807, 2.05) is 0 Å². The first-order valence-corrected chi connectivity index (χ1v) is 5.34. The lowest BCUT2D eigenvalue weighted by Gasteiger charge is -2.24. The van der Waals surface area contributed by atoms with Crippen LogP contribution in [0.5, 0.6) is 0 Å². The van der Waals surface area contributed by atoms with Crippen molar-refractivity contribution >= 4 is 10.3 Å². The van der Waals surface area contributed by atoms with E-state index in [0.29, 0.717) is 25.7 Å². The summed E-state index contributed by atoms with van der Waals surface area (Å²) in [5, 5.41) is 9.09. The minimum absolute atomic E-state index is 0.219. The number of nitrogens with one attached hydrogen (secondary N) is 1. The highest BCUT2D eigenvalue weighted by atomic mass is 32.2. The number of aliphatic hydroxyl groups is 1. The topological polar surface area (TPSA) is 86.6 Å². The molecule has 0 aromatic heterocycles. The van der Waals surface area contributed by atoms with Crippen molar-refractivity contribution in [2.24, 2.45) is 0 Å². The van der Waals surface area contributed by atoms with Gasteiger partial charge in [-0.05, 0) is 25.7 Å². The summed E-state index contributed by atoms with van der Waals surface area (Å²) in [6.45, 7) is 0.